The van der Waals surface area contributed by atoms with Crippen LogP contribution in [0.25, 0.3) is 22.3 Å². The number of ether oxygens (including phenoxy) is 1. The van der Waals surface area contributed by atoms with Crippen molar-refractivity contribution in [3.63, 3.8) is 0 Å². The van der Waals surface area contributed by atoms with E-state index in [0.29, 0.717) is 6.61 Å². The van der Waals surface area contributed by atoms with E-state index in [-0.39, 0.29) is 6.42 Å². The largest absolute Gasteiger partial charge is 0.493 e. The van der Waals surface area contributed by atoms with Crippen molar-refractivity contribution in [3.05, 3.63) is 77.9 Å². The van der Waals surface area contributed by atoms with E-state index in [1.165, 1.54) is 5.56 Å². The number of carboxylic acids is 1. The van der Waals surface area contributed by atoms with Gasteiger partial charge in [0.1, 0.15) is 5.75 Å². The minimum Gasteiger partial charge on any atom is -0.493 e. The fourth-order valence-electron chi connectivity index (χ4n) is 3.45. The van der Waals surface area contributed by atoms with Gasteiger partial charge in [-0.05, 0) is 45.5 Å². The van der Waals surface area contributed by atoms with E-state index < -0.39 is 5.97 Å². The van der Waals surface area contributed by atoms with Gasteiger partial charge < -0.3 is 9.84 Å². The molecule has 0 saturated heterocycles. The predicted octanol–water partition coefficient (Wildman–Crippen LogP) is 4.58. The topological polar surface area (TPSA) is 46.5 Å². The molecule has 3 aromatic carbocycles. The molecule has 0 spiro atoms. The molecule has 0 saturated carbocycles. The lowest BCUT2D eigenvalue weighted by Crippen LogP contribution is -2.03. The van der Waals surface area contributed by atoms with Crippen LogP contribution >= 0.6 is 0 Å². The van der Waals surface area contributed by atoms with Crippen LogP contribution < -0.4 is 4.74 Å². The molecular weight excluding hydrogens is 312 g/mol. The lowest BCUT2D eigenvalue weighted by Gasteiger charge is -2.15. The summed E-state index contributed by atoms with van der Waals surface area (Å²) in [6, 6.07) is 22.1. The van der Waals surface area contributed by atoms with Crippen molar-refractivity contribution in [2.24, 2.45) is 0 Å². The summed E-state index contributed by atoms with van der Waals surface area (Å²) in [5.41, 5.74) is 6.18. The number of carboxylic acid groups (broad SMARTS) is 1. The molecule has 0 amide bonds. The first-order valence-corrected chi connectivity index (χ1v) is 8.37. The van der Waals surface area contributed by atoms with Gasteiger partial charge >= 0.3 is 5.97 Å². The molecule has 1 aliphatic rings. The fourth-order valence-corrected chi connectivity index (χ4v) is 3.45. The van der Waals surface area contributed by atoms with Gasteiger partial charge in [0.15, 0.2) is 0 Å². The molecule has 0 aromatic heterocycles. The molecule has 124 valence electrons. The number of rotatable bonds is 4. The van der Waals surface area contributed by atoms with Crippen molar-refractivity contribution < 1.29 is 14.6 Å². The van der Waals surface area contributed by atoms with Gasteiger partial charge in [0.25, 0.3) is 0 Å². The first-order valence-electron chi connectivity index (χ1n) is 8.37. The van der Waals surface area contributed by atoms with Gasteiger partial charge in [-0.15, -0.1) is 0 Å². The van der Waals surface area contributed by atoms with Crippen LogP contribution in [0.5, 0.6) is 5.75 Å². The van der Waals surface area contributed by atoms with E-state index >= 15 is 0 Å². The zero-order valence-electron chi connectivity index (χ0n) is 13.7. The summed E-state index contributed by atoms with van der Waals surface area (Å²) in [5, 5.41) is 9.33. The normalized spacial score (nSPS) is 12.5. The molecule has 3 nitrogen and oxygen atoms in total. The molecule has 0 radical (unpaired) electrons. The van der Waals surface area contributed by atoms with Crippen molar-refractivity contribution in [2.45, 2.75) is 12.8 Å². The zero-order valence-corrected chi connectivity index (χ0v) is 13.7. The maximum absolute atomic E-state index is 11.4. The monoisotopic (exact) mass is 330 g/mol. The quantitative estimate of drug-likeness (QED) is 0.761. The predicted molar refractivity (Wildman–Crippen MR) is 97.9 cm³/mol. The molecule has 0 atom stereocenters. The molecule has 1 N–H and O–H groups in total. The van der Waals surface area contributed by atoms with Crippen LogP contribution in [0.15, 0.2) is 66.7 Å². The van der Waals surface area contributed by atoms with Crippen molar-refractivity contribution >= 4 is 5.97 Å². The number of hydrogen-bond donors (Lipinski definition) is 1. The molecule has 3 heteroatoms. The Morgan fingerprint density at radius 3 is 2.60 bits per heavy atom. The van der Waals surface area contributed by atoms with Gasteiger partial charge in [0, 0.05) is 6.42 Å². The van der Waals surface area contributed by atoms with E-state index in [1.807, 2.05) is 42.5 Å². The SMILES string of the molecule is O=C(O)Cc1cccc(-c2ccccc2)c1-c1ccc2c(c1)CCO2. The lowest BCUT2D eigenvalue weighted by atomic mass is 9.88. The van der Waals surface area contributed by atoms with Crippen LogP contribution in [0.4, 0.5) is 0 Å². The lowest BCUT2D eigenvalue weighted by molar-refractivity contribution is -0.136. The zero-order chi connectivity index (χ0) is 17.2. The molecule has 0 fully saturated rings. The number of hydrogen-bond acceptors (Lipinski definition) is 2. The van der Waals surface area contributed by atoms with Crippen molar-refractivity contribution in [2.75, 3.05) is 6.61 Å². The molecule has 1 aliphatic heterocycles. The summed E-state index contributed by atoms with van der Waals surface area (Å²) in [4.78, 5) is 11.4. The average molecular weight is 330 g/mol. The van der Waals surface area contributed by atoms with E-state index in [1.54, 1.807) is 0 Å². The van der Waals surface area contributed by atoms with Gasteiger partial charge in [-0.2, -0.15) is 0 Å². The van der Waals surface area contributed by atoms with Gasteiger partial charge in [-0.1, -0.05) is 54.6 Å². The molecule has 0 bridgehead atoms. The Bertz CT molecular complexity index is 929. The third-order valence-corrected chi connectivity index (χ3v) is 4.56. The summed E-state index contributed by atoms with van der Waals surface area (Å²) in [6.07, 6.45) is 0.897. The Hall–Kier alpha value is -3.07. The Labute approximate surface area is 146 Å². The Kier molecular flexibility index (Phi) is 3.98. The second-order valence-corrected chi connectivity index (χ2v) is 6.20. The van der Waals surface area contributed by atoms with Crippen molar-refractivity contribution in [1.82, 2.24) is 0 Å². The number of benzene rings is 3. The maximum atomic E-state index is 11.4. The highest BCUT2D eigenvalue weighted by atomic mass is 16.5. The summed E-state index contributed by atoms with van der Waals surface area (Å²) < 4.78 is 5.60. The average Bonchev–Trinajstić information content (AvgIpc) is 3.09. The molecule has 0 aliphatic carbocycles. The third kappa shape index (κ3) is 3.01. The summed E-state index contributed by atoms with van der Waals surface area (Å²) in [6.45, 7) is 0.709. The molecular formula is C22H18O3. The van der Waals surface area contributed by atoms with E-state index in [2.05, 4.69) is 24.3 Å². The molecule has 1 heterocycles. The Balaban J connectivity index is 1.93. The van der Waals surface area contributed by atoms with Crippen LogP contribution in [0.1, 0.15) is 11.1 Å². The minimum absolute atomic E-state index is 0.00356. The third-order valence-electron chi connectivity index (χ3n) is 4.56. The van der Waals surface area contributed by atoms with E-state index in [4.69, 9.17) is 4.74 Å². The standard InChI is InChI=1S/C22H18O3/c23-21(24)14-17-7-4-8-19(15-5-2-1-3-6-15)22(17)18-9-10-20-16(13-18)11-12-25-20/h1-10,13H,11-12,14H2,(H,23,24). The first-order chi connectivity index (χ1) is 12.2. The van der Waals surface area contributed by atoms with Crippen LogP contribution in [0.2, 0.25) is 0 Å². The minimum atomic E-state index is -0.823. The van der Waals surface area contributed by atoms with Gasteiger partial charge in [-0.3, -0.25) is 4.79 Å². The van der Waals surface area contributed by atoms with Gasteiger partial charge in [0.2, 0.25) is 0 Å². The summed E-state index contributed by atoms with van der Waals surface area (Å²) in [5.74, 6) is 0.108. The molecule has 0 unspecified atom stereocenters. The Morgan fingerprint density at radius 2 is 1.80 bits per heavy atom. The van der Waals surface area contributed by atoms with Gasteiger partial charge in [-0.25, -0.2) is 0 Å². The van der Waals surface area contributed by atoms with Crippen molar-refractivity contribution in [3.8, 4) is 28.0 Å². The number of aliphatic carboxylic acids is 1. The summed E-state index contributed by atoms with van der Waals surface area (Å²) in [7, 11) is 0. The van der Waals surface area contributed by atoms with Crippen molar-refractivity contribution in [1.29, 1.82) is 0 Å². The summed E-state index contributed by atoms with van der Waals surface area (Å²) >= 11 is 0. The number of carbonyl (C=O) groups is 1. The van der Waals surface area contributed by atoms with Crippen LogP contribution in [-0.2, 0) is 17.6 Å². The number of fused-ring (bicyclic) bond motifs is 1. The van der Waals surface area contributed by atoms with E-state index in [0.717, 1.165) is 40.0 Å². The molecule has 4 rings (SSSR count). The first kappa shape index (κ1) is 15.5. The highest BCUT2D eigenvalue weighted by Crippen LogP contribution is 2.38. The second kappa shape index (κ2) is 6.44. The highest BCUT2D eigenvalue weighted by molar-refractivity contribution is 5.88. The molecule has 25 heavy (non-hydrogen) atoms. The smallest absolute Gasteiger partial charge is 0.307 e. The van der Waals surface area contributed by atoms with E-state index in [9.17, 15) is 9.90 Å². The van der Waals surface area contributed by atoms with Crippen LogP contribution in [-0.4, -0.2) is 17.7 Å². The van der Waals surface area contributed by atoms with Crippen LogP contribution in [0, 0.1) is 0 Å². The molecule has 3 aromatic rings. The Morgan fingerprint density at radius 1 is 0.960 bits per heavy atom. The van der Waals surface area contributed by atoms with Gasteiger partial charge in [0.05, 0.1) is 13.0 Å². The highest BCUT2D eigenvalue weighted by Gasteiger charge is 2.18. The maximum Gasteiger partial charge on any atom is 0.307 e. The fraction of sp³-hybridized carbons (Fsp3) is 0.136. The second-order valence-electron chi connectivity index (χ2n) is 6.20. The van der Waals surface area contributed by atoms with Crippen LogP contribution in [0.3, 0.4) is 0 Å².